The van der Waals surface area contributed by atoms with E-state index >= 15 is 0 Å². The van der Waals surface area contributed by atoms with Gasteiger partial charge in [0.2, 0.25) is 11.9 Å². The fourth-order valence-electron chi connectivity index (χ4n) is 3.54. The molecule has 37 heavy (non-hydrogen) atoms. The molecule has 0 bridgehead atoms. The molecule has 0 saturated carbocycles. The van der Waals surface area contributed by atoms with Crippen molar-refractivity contribution in [1.29, 1.82) is 0 Å². The second kappa shape index (κ2) is 14.8. The van der Waals surface area contributed by atoms with E-state index < -0.39 is 29.3 Å². The number of aliphatic hydroxyl groups is 1. The van der Waals surface area contributed by atoms with Crippen LogP contribution in [0.5, 0.6) is 11.5 Å². The molecule has 0 aliphatic carbocycles. The van der Waals surface area contributed by atoms with Crippen LogP contribution in [0.15, 0.2) is 35.3 Å². The van der Waals surface area contributed by atoms with E-state index in [9.17, 15) is 14.1 Å². The summed E-state index contributed by atoms with van der Waals surface area (Å²) in [5.74, 6) is 0.607. The monoisotopic (exact) mass is 553 g/mol. The van der Waals surface area contributed by atoms with Crippen LogP contribution >= 0.6 is 11.6 Å². The zero-order valence-electron chi connectivity index (χ0n) is 21.5. The minimum absolute atomic E-state index is 0.0621. The molecule has 0 spiro atoms. The van der Waals surface area contributed by atoms with Crippen molar-refractivity contribution >= 4 is 34.7 Å². The molecule has 10 nitrogen and oxygen atoms in total. The van der Waals surface area contributed by atoms with Crippen molar-refractivity contribution < 1.29 is 23.0 Å². The summed E-state index contributed by atoms with van der Waals surface area (Å²) in [7, 11) is 1.59. The number of carbonyl (C=O) groups excluding carboxylic acids is 1. The van der Waals surface area contributed by atoms with E-state index in [2.05, 4.69) is 15.0 Å². The second-order valence-corrected chi connectivity index (χ2v) is 9.86. The number of hydrogen-bond donors (Lipinski definition) is 5. The van der Waals surface area contributed by atoms with Gasteiger partial charge >= 0.3 is 11.3 Å². The molecule has 0 saturated heterocycles. The summed E-state index contributed by atoms with van der Waals surface area (Å²) in [6, 6.07) is 8.36. The number of aryl methyl sites for hydroxylation is 1. The van der Waals surface area contributed by atoms with Crippen molar-refractivity contribution in [2.24, 2.45) is 16.5 Å². The summed E-state index contributed by atoms with van der Waals surface area (Å²) in [5.41, 5.74) is 15.3. The zero-order chi connectivity index (χ0) is 27.5. The molecule has 2 rings (SSSR count). The lowest BCUT2D eigenvalue weighted by atomic mass is 10.0. The third kappa shape index (κ3) is 9.51. The Morgan fingerprint density at radius 2 is 1.89 bits per heavy atom. The molecule has 0 aromatic heterocycles. The number of halogens is 1. The SMILES string of the molecule is COc1cc(C)c(OS(=O)NC(N)=NCCCC(N)C(O)C(=O)NCCc2ccc(Cl)cc2)c(C)c1C. The van der Waals surface area contributed by atoms with Crippen molar-refractivity contribution in [3.8, 4) is 11.5 Å². The highest BCUT2D eigenvalue weighted by Crippen LogP contribution is 2.33. The third-order valence-electron chi connectivity index (χ3n) is 5.82. The molecule has 2 aromatic rings. The van der Waals surface area contributed by atoms with Crippen LogP contribution in [0.3, 0.4) is 0 Å². The van der Waals surface area contributed by atoms with Crippen molar-refractivity contribution in [2.45, 2.75) is 52.2 Å². The molecule has 7 N–H and O–H groups in total. The molecule has 0 aliphatic rings. The van der Waals surface area contributed by atoms with Crippen LogP contribution in [0.25, 0.3) is 0 Å². The summed E-state index contributed by atoms with van der Waals surface area (Å²) in [6.45, 7) is 6.20. The molecule has 1 amide bonds. The van der Waals surface area contributed by atoms with Crippen LogP contribution in [-0.4, -0.2) is 53.5 Å². The molecule has 3 unspecified atom stereocenters. The number of methoxy groups -OCH3 is 1. The van der Waals surface area contributed by atoms with Crippen molar-refractivity contribution in [1.82, 2.24) is 10.0 Å². The molecule has 0 aliphatic heterocycles. The van der Waals surface area contributed by atoms with E-state index in [0.717, 1.165) is 28.0 Å². The summed E-state index contributed by atoms with van der Waals surface area (Å²) in [4.78, 5) is 16.3. The average Bonchev–Trinajstić information content (AvgIpc) is 2.87. The standard InChI is InChI=1S/C25H36ClN5O5S/c1-15-14-21(35-4)16(2)17(3)23(15)36-37(34)31-25(28)30-12-5-6-20(27)22(32)24(33)29-13-11-18-7-9-19(26)10-8-18/h7-10,14,20,22,32H,5-6,11-13,27H2,1-4H3,(H,29,33)(H3,28,30,31). The van der Waals surface area contributed by atoms with Gasteiger partial charge in [-0.05, 0) is 80.5 Å². The predicted molar refractivity (Wildman–Crippen MR) is 147 cm³/mol. The highest BCUT2D eigenvalue weighted by molar-refractivity contribution is 7.79. The van der Waals surface area contributed by atoms with Crippen molar-refractivity contribution in [2.75, 3.05) is 20.2 Å². The number of aliphatic imine (C=N–C) groups is 1. The molecular weight excluding hydrogens is 518 g/mol. The maximum absolute atomic E-state index is 12.4. The topological polar surface area (TPSA) is 161 Å². The minimum atomic E-state index is -1.96. The van der Waals surface area contributed by atoms with E-state index in [1.165, 1.54) is 0 Å². The Labute approximate surface area is 225 Å². The largest absolute Gasteiger partial charge is 0.496 e. The van der Waals surface area contributed by atoms with E-state index in [0.29, 0.717) is 36.6 Å². The van der Waals surface area contributed by atoms with Gasteiger partial charge in [-0.25, -0.2) is 4.72 Å². The molecule has 0 fully saturated rings. The Bertz CT molecular complexity index is 1110. The van der Waals surface area contributed by atoms with Gasteiger partial charge in [0.25, 0.3) is 0 Å². The quantitative estimate of drug-likeness (QED) is 0.144. The number of guanidine groups is 1. The van der Waals surface area contributed by atoms with Crippen LogP contribution in [0.2, 0.25) is 5.02 Å². The molecule has 3 atom stereocenters. The zero-order valence-corrected chi connectivity index (χ0v) is 23.1. The molecule has 2 aromatic carbocycles. The smallest absolute Gasteiger partial charge is 0.318 e. The summed E-state index contributed by atoms with van der Waals surface area (Å²) < 4.78 is 25.7. The number of nitrogens with two attached hydrogens (primary N) is 2. The highest BCUT2D eigenvalue weighted by Gasteiger charge is 2.22. The first-order chi connectivity index (χ1) is 17.5. The molecule has 0 radical (unpaired) electrons. The Balaban J connectivity index is 1.73. The Kier molecular flexibility index (Phi) is 12.1. The van der Waals surface area contributed by atoms with E-state index in [-0.39, 0.29) is 12.5 Å². The van der Waals surface area contributed by atoms with Gasteiger partial charge in [0, 0.05) is 24.2 Å². The van der Waals surface area contributed by atoms with Crippen LogP contribution in [0.4, 0.5) is 0 Å². The number of aliphatic hydroxyl groups excluding tert-OH is 1. The summed E-state index contributed by atoms with van der Waals surface area (Å²) >= 11 is 3.90. The van der Waals surface area contributed by atoms with Gasteiger partial charge in [-0.1, -0.05) is 23.7 Å². The fraction of sp³-hybridized carbons (Fsp3) is 0.440. The fourth-order valence-corrected chi connectivity index (χ4v) is 4.35. The van der Waals surface area contributed by atoms with E-state index in [4.69, 9.17) is 32.0 Å². The second-order valence-electron chi connectivity index (χ2n) is 8.58. The number of rotatable bonds is 13. The minimum Gasteiger partial charge on any atom is -0.496 e. The van der Waals surface area contributed by atoms with Gasteiger partial charge in [-0.15, -0.1) is 0 Å². The number of nitrogens with one attached hydrogen (secondary N) is 2. The lowest BCUT2D eigenvalue weighted by molar-refractivity contribution is -0.130. The van der Waals surface area contributed by atoms with Gasteiger partial charge < -0.3 is 30.8 Å². The molecule has 204 valence electrons. The third-order valence-corrected chi connectivity index (χ3v) is 6.77. The molecule has 0 heterocycles. The van der Waals surface area contributed by atoms with Gasteiger partial charge in [0.15, 0.2) is 0 Å². The Morgan fingerprint density at radius 3 is 2.54 bits per heavy atom. The number of carbonyl (C=O) groups is 1. The number of benzene rings is 2. The van der Waals surface area contributed by atoms with E-state index in [1.807, 2.05) is 39.0 Å². The Morgan fingerprint density at radius 1 is 1.22 bits per heavy atom. The number of ether oxygens (including phenoxy) is 1. The highest BCUT2D eigenvalue weighted by atomic mass is 35.5. The first-order valence-electron chi connectivity index (χ1n) is 11.8. The van der Waals surface area contributed by atoms with Crippen LogP contribution in [0, 0.1) is 20.8 Å². The number of amides is 1. The van der Waals surface area contributed by atoms with E-state index in [1.54, 1.807) is 19.2 Å². The molecular formula is C25H36ClN5O5S. The van der Waals surface area contributed by atoms with Gasteiger partial charge in [-0.3, -0.25) is 9.79 Å². The van der Waals surface area contributed by atoms with Gasteiger partial charge in [0.1, 0.15) is 17.6 Å². The van der Waals surface area contributed by atoms with Crippen LogP contribution in [0.1, 0.15) is 35.1 Å². The molecule has 12 heteroatoms. The first-order valence-corrected chi connectivity index (χ1v) is 13.3. The predicted octanol–water partition coefficient (Wildman–Crippen LogP) is 1.96. The van der Waals surface area contributed by atoms with Crippen molar-refractivity contribution in [3.63, 3.8) is 0 Å². The van der Waals surface area contributed by atoms with Crippen LogP contribution in [-0.2, 0) is 22.5 Å². The van der Waals surface area contributed by atoms with Gasteiger partial charge in [0.05, 0.1) is 7.11 Å². The Hall–Kier alpha value is -2.86. The lowest BCUT2D eigenvalue weighted by Crippen LogP contribution is -2.46. The summed E-state index contributed by atoms with van der Waals surface area (Å²) in [6.07, 6.45) is 0.0620. The summed E-state index contributed by atoms with van der Waals surface area (Å²) in [5, 5.41) is 13.5. The first kappa shape index (κ1) is 30.4. The number of nitrogens with zero attached hydrogens (tertiary/aromatic N) is 1. The van der Waals surface area contributed by atoms with Crippen LogP contribution < -0.4 is 30.4 Å². The number of hydrogen-bond acceptors (Lipinski definition) is 7. The average molecular weight is 554 g/mol. The normalized spacial score (nSPS) is 14.0. The maximum atomic E-state index is 12.4. The van der Waals surface area contributed by atoms with Crippen molar-refractivity contribution in [3.05, 3.63) is 57.6 Å². The maximum Gasteiger partial charge on any atom is 0.318 e. The lowest BCUT2D eigenvalue weighted by Gasteiger charge is -2.18. The van der Waals surface area contributed by atoms with Gasteiger partial charge in [-0.2, -0.15) is 4.21 Å².